The van der Waals surface area contributed by atoms with Crippen LogP contribution in [0.1, 0.15) is 10.4 Å². The first kappa shape index (κ1) is 23.3. The fourth-order valence-electron chi connectivity index (χ4n) is 3.48. The van der Waals surface area contributed by atoms with E-state index in [1.807, 2.05) is 17.5 Å². The zero-order valence-corrected chi connectivity index (χ0v) is 20.3. The van der Waals surface area contributed by atoms with E-state index < -0.39 is 10.0 Å². The van der Waals surface area contributed by atoms with E-state index >= 15 is 0 Å². The van der Waals surface area contributed by atoms with Gasteiger partial charge in [0.1, 0.15) is 4.90 Å². The summed E-state index contributed by atoms with van der Waals surface area (Å²) >= 11 is 7.65. The molecule has 0 saturated heterocycles. The molecule has 0 bridgehead atoms. The van der Waals surface area contributed by atoms with Crippen molar-refractivity contribution in [3.63, 3.8) is 0 Å². The lowest BCUT2D eigenvalue weighted by molar-refractivity contribution is 0.355. The quantitative estimate of drug-likeness (QED) is 0.377. The summed E-state index contributed by atoms with van der Waals surface area (Å²) in [6.45, 7) is -0.0281. The maximum atomic E-state index is 13.5. The Bertz CT molecular complexity index is 1450. The third-order valence-corrected chi connectivity index (χ3v) is 8.29. The number of sulfonamides is 1. The third-order valence-electron chi connectivity index (χ3n) is 5.14. The number of nitrogens with zero attached hydrogens (tertiary/aromatic N) is 1. The highest BCUT2D eigenvalue weighted by Crippen LogP contribution is 2.32. The minimum Gasteiger partial charge on any atom is -0.493 e. The molecular weight excluding hydrogens is 484 g/mol. The van der Waals surface area contributed by atoms with Gasteiger partial charge in [0, 0.05) is 35.0 Å². The van der Waals surface area contributed by atoms with Crippen LogP contribution < -0.4 is 15.0 Å². The van der Waals surface area contributed by atoms with E-state index in [1.54, 1.807) is 30.3 Å². The maximum absolute atomic E-state index is 13.5. The number of thiophene rings is 1. The number of aromatic amines is 1. The van der Waals surface area contributed by atoms with Crippen molar-refractivity contribution in [2.24, 2.45) is 0 Å². The molecule has 0 fully saturated rings. The van der Waals surface area contributed by atoms with Gasteiger partial charge >= 0.3 is 0 Å². The number of halogens is 1. The Morgan fingerprint density at radius 2 is 1.73 bits per heavy atom. The molecule has 1 N–H and O–H groups in total. The van der Waals surface area contributed by atoms with Crippen molar-refractivity contribution in [3.8, 4) is 11.5 Å². The molecule has 0 saturated carbocycles. The number of H-pyrrole nitrogens is 1. The van der Waals surface area contributed by atoms with Crippen LogP contribution in [0.2, 0.25) is 5.02 Å². The molecule has 4 rings (SSSR count). The number of rotatable bonds is 8. The van der Waals surface area contributed by atoms with Gasteiger partial charge in [-0.2, -0.15) is 4.31 Å². The van der Waals surface area contributed by atoms with Crippen LogP contribution in [0.25, 0.3) is 10.9 Å². The summed E-state index contributed by atoms with van der Waals surface area (Å²) in [5.74, 6) is 0.983. The second-order valence-electron chi connectivity index (χ2n) is 7.20. The van der Waals surface area contributed by atoms with Crippen LogP contribution in [0.15, 0.2) is 69.7 Å². The Kier molecular flexibility index (Phi) is 6.76. The van der Waals surface area contributed by atoms with Crippen molar-refractivity contribution in [1.29, 1.82) is 0 Å². The monoisotopic (exact) mass is 504 g/mol. The van der Waals surface area contributed by atoms with Crippen molar-refractivity contribution in [3.05, 3.63) is 85.8 Å². The fraction of sp³-hybridized carbons (Fsp3) is 0.174. The number of ether oxygens (including phenoxy) is 2. The minimum atomic E-state index is -3.99. The summed E-state index contributed by atoms with van der Waals surface area (Å²) in [6, 6.07) is 15.0. The molecule has 0 atom stereocenters. The van der Waals surface area contributed by atoms with Crippen molar-refractivity contribution < 1.29 is 17.9 Å². The van der Waals surface area contributed by atoms with Crippen molar-refractivity contribution in [2.75, 3.05) is 14.2 Å². The average Bonchev–Trinajstić information content (AvgIpc) is 3.31. The highest BCUT2D eigenvalue weighted by Gasteiger charge is 2.28. The van der Waals surface area contributed by atoms with Crippen molar-refractivity contribution >= 4 is 43.9 Å². The Balaban J connectivity index is 1.79. The molecule has 10 heteroatoms. The average molecular weight is 505 g/mol. The summed E-state index contributed by atoms with van der Waals surface area (Å²) in [7, 11) is -0.954. The summed E-state index contributed by atoms with van der Waals surface area (Å²) in [4.78, 5) is 16.5. The minimum absolute atomic E-state index is 0.00755. The first-order chi connectivity index (χ1) is 15.8. The van der Waals surface area contributed by atoms with E-state index in [0.29, 0.717) is 28.0 Å². The second-order valence-corrected chi connectivity index (χ2v) is 10.5. The van der Waals surface area contributed by atoms with Gasteiger partial charge in [-0.1, -0.05) is 29.8 Å². The molecule has 2 aromatic heterocycles. The van der Waals surface area contributed by atoms with Crippen LogP contribution in [0.3, 0.4) is 0 Å². The Morgan fingerprint density at radius 1 is 1.00 bits per heavy atom. The SMILES string of the molecule is COc1cc2cc(CN(Cc3cccs3)S(=O)(=O)c3ccccc3Cl)c(=O)[nH]c2cc1OC. The number of methoxy groups -OCH3 is 2. The standard InChI is InChI=1S/C23H21ClN2O5S2/c1-30-20-11-15-10-16(23(27)25-19(15)12-21(20)31-2)13-26(14-17-6-5-9-32-17)33(28,29)22-8-4-3-7-18(22)24/h3-12H,13-14H2,1-2H3,(H,25,27). The lowest BCUT2D eigenvalue weighted by Gasteiger charge is -2.22. The topological polar surface area (TPSA) is 88.7 Å². The van der Waals surface area contributed by atoms with Crippen LogP contribution in [0.4, 0.5) is 0 Å². The summed E-state index contributed by atoms with van der Waals surface area (Å²) in [5.41, 5.74) is 0.460. The molecule has 0 aliphatic carbocycles. The molecule has 0 spiro atoms. The first-order valence-electron chi connectivity index (χ1n) is 9.88. The third kappa shape index (κ3) is 4.77. The second kappa shape index (κ2) is 9.56. The molecule has 0 aliphatic heterocycles. The van der Waals surface area contributed by atoms with Gasteiger partial charge in [-0.25, -0.2) is 8.42 Å². The zero-order valence-electron chi connectivity index (χ0n) is 17.9. The van der Waals surface area contributed by atoms with Crippen molar-refractivity contribution in [2.45, 2.75) is 18.0 Å². The number of benzene rings is 2. The van der Waals surface area contributed by atoms with E-state index in [4.69, 9.17) is 21.1 Å². The molecule has 0 unspecified atom stereocenters. The van der Waals surface area contributed by atoms with Crippen LogP contribution in [-0.2, 0) is 23.1 Å². The molecule has 33 heavy (non-hydrogen) atoms. The Labute approximate surface area is 200 Å². The molecule has 7 nitrogen and oxygen atoms in total. The number of aromatic nitrogens is 1. The van der Waals surface area contributed by atoms with Gasteiger partial charge in [0.05, 0.1) is 24.8 Å². The summed E-state index contributed by atoms with van der Waals surface area (Å²) in [6.07, 6.45) is 0. The lowest BCUT2D eigenvalue weighted by atomic mass is 10.1. The molecule has 2 heterocycles. The van der Waals surface area contributed by atoms with Gasteiger partial charge in [-0.05, 0) is 35.7 Å². The van der Waals surface area contributed by atoms with Gasteiger partial charge in [0.2, 0.25) is 10.0 Å². The molecular formula is C23H21ClN2O5S2. The summed E-state index contributed by atoms with van der Waals surface area (Å²) in [5, 5.41) is 2.68. The van der Waals surface area contributed by atoms with Crippen LogP contribution >= 0.6 is 22.9 Å². The van der Waals surface area contributed by atoms with Gasteiger partial charge in [0.25, 0.3) is 5.56 Å². The normalized spacial score (nSPS) is 11.8. The number of nitrogens with one attached hydrogen (secondary N) is 1. The highest BCUT2D eigenvalue weighted by molar-refractivity contribution is 7.89. The van der Waals surface area contributed by atoms with E-state index in [1.165, 1.54) is 42.0 Å². The molecule has 0 aliphatic rings. The number of hydrogen-bond donors (Lipinski definition) is 1. The van der Waals surface area contributed by atoms with Gasteiger partial charge in [-0.3, -0.25) is 4.79 Å². The van der Waals surface area contributed by atoms with E-state index in [9.17, 15) is 13.2 Å². The molecule has 172 valence electrons. The van der Waals surface area contributed by atoms with Crippen molar-refractivity contribution in [1.82, 2.24) is 9.29 Å². The lowest BCUT2D eigenvalue weighted by Crippen LogP contribution is -2.32. The Hall–Kier alpha value is -2.85. The highest BCUT2D eigenvalue weighted by atomic mass is 35.5. The van der Waals surface area contributed by atoms with Crippen LogP contribution in [-0.4, -0.2) is 31.9 Å². The van der Waals surface area contributed by atoms with Gasteiger partial charge in [0.15, 0.2) is 11.5 Å². The number of fused-ring (bicyclic) bond motifs is 1. The Morgan fingerprint density at radius 3 is 2.39 bits per heavy atom. The molecule has 4 aromatic rings. The number of hydrogen-bond acceptors (Lipinski definition) is 6. The van der Waals surface area contributed by atoms with Gasteiger partial charge in [-0.15, -0.1) is 11.3 Å². The predicted octanol–water partition coefficient (Wildman–Crippen LogP) is 4.65. The number of pyridine rings is 1. The summed E-state index contributed by atoms with van der Waals surface area (Å²) < 4.78 is 39.0. The molecule has 0 amide bonds. The van der Waals surface area contributed by atoms with E-state index in [0.717, 1.165) is 4.88 Å². The van der Waals surface area contributed by atoms with E-state index in [-0.39, 0.29) is 28.6 Å². The predicted molar refractivity (Wildman–Crippen MR) is 130 cm³/mol. The maximum Gasteiger partial charge on any atom is 0.252 e. The van der Waals surface area contributed by atoms with E-state index in [2.05, 4.69) is 4.98 Å². The fourth-order valence-corrected chi connectivity index (χ4v) is 6.17. The molecule has 2 aromatic carbocycles. The smallest absolute Gasteiger partial charge is 0.252 e. The first-order valence-corrected chi connectivity index (χ1v) is 12.6. The van der Waals surface area contributed by atoms with Crippen LogP contribution in [0, 0.1) is 0 Å². The van der Waals surface area contributed by atoms with Crippen LogP contribution in [0.5, 0.6) is 11.5 Å². The van der Waals surface area contributed by atoms with Gasteiger partial charge < -0.3 is 14.5 Å². The molecule has 0 radical (unpaired) electrons. The largest absolute Gasteiger partial charge is 0.493 e. The zero-order chi connectivity index (χ0) is 23.6.